The SMILES string of the molecule is CNC(=O)c1ccc(N(C)CC2(O)CCOCC2)c(N)c1. The van der Waals surface area contributed by atoms with Crippen LogP contribution in [0.2, 0.25) is 0 Å². The molecule has 0 unspecified atom stereocenters. The van der Waals surface area contributed by atoms with Gasteiger partial charge in [0.2, 0.25) is 0 Å². The van der Waals surface area contributed by atoms with Crippen LogP contribution in [0, 0.1) is 0 Å². The number of carbonyl (C=O) groups excluding carboxylic acids is 1. The maximum Gasteiger partial charge on any atom is 0.251 e. The van der Waals surface area contributed by atoms with Crippen molar-refractivity contribution in [2.75, 3.05) is 44.5 Å². The molecule has 1 amide bonds. The maximum absolute atomic E-state index is 11.6. The lowest BCUT2D eigenvalue weighted by Crippen LogP contribution is -2.45. The summed E-state index contributed by atoms with van der Waals surface area (Å²) in [5.74, 6) is -0.168. The third kappa shape index (κ3) is 3.65. The molecule has 0 spiro atoms. The second-order valence-electron chi connectivity index (χ2n) is 5.55. The lowest BCUT2D eigenvalue weighted by Gasteiger charge is -2.36. The molecule has 0 radical (unpaired) electrons. The van der Waals surface area contributed by atoms with Gasteiger partial charge in [-0.25, -0.2) is 0 Å². The normalized spacial score (nSPS) is 17.3. The molecular formula is C15H23N3O3. The first-order chi connectivity index (χ1) is 9.95. The standard InChI is InChI=1S/C15H23N3O3/c1-17-14(19)11-3-4-13(12(16)9-11)18(2)10-15(20)5-7-21-8-6-15/h3-4,9,20H,5-8,10,16H2,1-2H3,(H,17,19). The molecule has 1 aliphatic heterocycles. The average molecular weight is 293 g/mol. The van der Waals surface area contributed by atoms with E-state index in [0.717, 1.165) is 5.69 Å². The Hall–Kier alpha value is -1.79. The van der Waals surface area contributed by atoms with Crippen molar-refractivity contribution < 1.29 is 14.6 Å². The van der Waals surface area contributed by atoms with E-state index in [1.807, 2.05) is 18.0 Å². The van der Waals surface area contributed by atoms with Crippen molar-refractivity contribution in [2.45, 2.75) is 18.4 Å². The van der Waals surface area contributed by atoms with E-state index in [9.17, 15) is 9.90 Å². The highest BCUT2D eigenvalue weighted by molar-refractivity contribution is 5.96. The summed E-state index contributed by atoms with van der Waals surface area (Å²) in [6.07, 6.45) is 1.24. The van der Waals surface area contributed by atoms with Crippen LogP contribution in [0.1, 0.15) is 23.2 Å². The lowest BCUT2D eigenvalue weighted by molar-refractivity contribution is -0.0572. The third-order valence-corrected chi connectivity index (χ3v) is 3.88. The predicted octanol–water partition coefficient (Wildman–Crippen LogP) is 0.606. The van der Waals surface area contributed by atoms with Crippen molar-refractivity contribution in [3.8, 4) is 0 Å². The molecule has 21 heavy (non-hydrogen) atoms. The summed E-state index contributed by atoms with van der Waals surface area (Å²) < 4.78 is 5.28. The van der Waals surface area contributed by atoms with Crippen molar-refractivity contribution in [3.63, 3.8) is 0 Å². The van der Waals surface area contributed by atoms with Gasteiger partial charge in [0.15, 0.2) is 0 Å². The Balaban J connectivity index is 2.12. The van der Waals surface area contributed by atoms with E-state index in [2.05, 4.69) is 5.32 Å². The third-order valence-electron chi connectivity index (χ3n) is 3.88. The molecule has 1 aromatic carbocycles. The van der Waals surface area contributed by atoms with Crippen molar-refractivity contribution >= 4 is 17.3 Å². The van der Waals surface area contributed by atoms with E-state index >= 15 is 0 Å². The van der Waals surface area contributed by atoms with Crippen molar-refractivity contribution in [3.05, 3.63) is 23.8 Å². The van der Waals surface area contributed by atoms with E-state index in [1.165, 1.54) is 0 Å². The number of amides is 1. The lowest BCUT2D eigenvalue weighted by atomic mass is 9.93. The number of rotatable bonds is 4. The molecule has 0 saturated carbocycles. The fourth-order valence-corrected chi connectivity index (χ4v) is 2.62. The molecule has 1 aromatic rings. The Morgan fingerprint density at radius 2 is 2.14 bits per heavy atom. The minimum atomic E-state index is -0.751. The van der Waals surface area contributed by atoms with E-state index in [4.69, 9.17) is 10.5 Å². The molecule has 0 aliphatic carbocycles. The van der Waals surface area contributed by atoms with E-state index < -0.39 is 5.60 Å². The van der Waals surface area contributed by atoms with Crippen LogP contribution in [-0.4, -0.2) is 50.5 Å². The van der Waals surface area contributed by atoms with Gasteiger partial charge >= 0.3 is 0 Å². The fourth-order valence-electron chi connectivity index (χ4n) is 2.62. The highest BCUT2D eigenvalue weighted by Crippen LogP contribution is 2.28. The largest absolute Gasteiger partial charge is 0.397 e. The first-order valence-corrected chi connectivity index (χ1v) is 7.08. The van der Waals surface area contributed by atoms with Gasteiger partial charge in [-0.15, -0.1) is 0 Å². The number of ether oxygens (including phenoxy) is 1. The highest BCUT2D eigenvalue weighted by Gasteiger charge is 2.31. The Morgan fingerprint density at radius 1 is 1.48 bits per heavy atom. The molecule has 1 fully saturated rings. The van der Waals surface area contributed by atoms with Crippen LogP contribution in [0.4, 0.5) is 11.4 Å². The molecule has 0 atom stereocenters. The first kappa shape index (κ1) is 15.6. The number of nitrogens with one attached hydrogen (secondary N) is 1. The Morgan fingerprint density at radius 3 is 2.71 bits per heavy atom. The molecule has 0 bridgehead atoms. The molecule has 1 saturated heterocycles. The highest BCUT2D eigenvalue weighted by atomic mass is 16.5. The number of nitrogen functional groups attached to an aromatic ring is 1. The molecule has 116 valence electrons. The van der Waals surface area contributed by atoms with Crippen LogP contribution in [0.25, 0.3) is 0 Å². The van der Waals surface area contributed by atoms with Crippen LogP contribution in [0.5, 0.6) is 0 Å². The Labute approximate surface area is 124 Å². The van der Waals surface area contributed by atoms with E-state index in [1.54, 1.807) is 19.2 Å². The number of hydrogen-bond acceptors (Lipinski definition) is 5. The fraction of sp³-hybridized carbons (Fsp3) is 0.533. The average Bonchev–Trinajstić information content (AvgIpc) is 2.46. The number of benzene rings is 1. The number of carbonyl (C=O) groups is 1. The van der Waals surface area contributed by atoms with Crippen molar-refractivity contribution in [1.82, 2.24) is 5.32 Å². The van der Waals surface area contributed by atoms with Gasteiger partial charge in [0.05, 0.1) is 17.0 Å². The van der Waals surface area contributed by atoms with Crippen LogP contribution in [0.15, 0.2) is 18.2 Å². The second kappa shape index (κ2) is 6.32. The Bertz CT molecular complexity index is 513. The Kier molecular flexibility index (Phi) is 4.69. The zero-order valence-electron chi connectivity index (χ0n) is 12.6. The molecule has 2 rings (SSSR count). The molecule has 6 heteroatoms. The number of hydrogen-bond donors (Lipinski definition) is 3. The monoisotopic (exact) mass is 293 g/mol. The topological polar surface area (TPSA) is 87.8 Å². The van der Waals surface area contributed by atoms with Gasteiger partial charge in [0, 0.05) is 52.3 Å². The molecule has 1 aliphatic rings. The first-order valence-electron chi connectivity index (χ1n) is 7.08. The van der Waals surface area contributed by atoms with Crippen molar-refractivity contribution in [2.24, 2.45) is 0 Å². The number of likely N-dealkylation sites (N-methyl/N-ethyl adjacent to an activating group) is 1. The molecule has 6 nitrogen and oxygen atoms in total. The van der Waals surface area contributed by atoms with Gasteiger partial charge in [-0.1, -0.05) is 0 Å². The van der Waals surface area contributed by atoms with Gasteiger partial charge in [0.1, 0.15) is 0 Å². The minimum Gasteiger partial charge on any atom is -0.397 e. The van der Waals surface area contributed by atoms with Gasteiger partial charge in [-0.05, 0) is 18.2 Å². The number of anilines is 2. The summed E-state index contributed by atoms with van der Waals surface area (Å²) in [6.45, 7) is 1.64. The number of nitrogens with zero attached hydrogens (tertiary/aromatic N) is 1. The predicted molar refractivity (Wildman–Crippen MR) is 82.5 cm³/mol. The summed E-state index contributed by atoms with van der Waals surface area (Å²) in [4.78, 5) is 13.5. The van der Waals surface area contributed by atoms with Gasteiger partial charge in [-0.2, -0.15) is 0 Å². The molecule has 4 N–H and O–H groups in total. The summed E-state index contributed by atoms with van der Waals surface area (Å²) in [5, 5.41) is 13.1. The number of nitrogens with two attached hydrogens (primary N) is 1. The quantitative estimate of drug-likeness (QED) is 0.708. The zero-order chi connectivity index (χ0) is 15.5. The minimum absolute atomic E-state index is 0.168. The smallest absolute Gasteiger partial charge is 0.251 e. The van der Waals surface area contributed by atoms with Gasteiger partial charge < -0.3 is 25.8 Å². The van der Waals surface area contributed by atoms with E-state index in [-0.39, 0.29) is 5.91 Å². The summed E-state index contributed by atoms with van der Waals surface area (Å²) in [6, 6.07) is 5.19. The molecular weight excluding hydrogens is 270 g/mol. The van der Waals surface area contributed by atoms with E-state index in [0.29, 0.717) is 43.9 Å². The van der Waals surface area contributed by atoms with Crippen LogP contribution in [-0.2, 0) is 4.74 Å². The maximum atomic E-state index is 11.6. The zero-order valence-corrected chi connectivity index (χ0v) is 12.6. The summed E-state index contributed by atoms with van der Waals surface area (Å²) in [5.41, 5.74) is 7.14. The second-order valence-corrected chi connectivity index (χ2v) is 5.55. The van der Waals surface area contributed by atoms with Crippen LogP contribution in [0.3, 0.4) is 0 Å². The summed E-state index contributed by atoms with van der Waals surface area (Å²) >= 11 is 0. The number of aliphatic hydroxyl groups is 1. The van der Waals surface area contributed by atoms with Gasteiger partial charge in [-0.3, -0.25) is 4.79 Å². The molecule has 0 aromatic heterocycles. The summed E-state index contributed by atoms with van der Waals surface area (Å²) in [7, 11) is 3.47. The molecule has 1 heterocycles. The van der Waals surface area contributed by atoms with Crippen molar-refractivity contribution in [1.29, 1.82) is 0 Å². The van der Waals surface area contributed by atoms with Crippen LogP contribution < -0.4 is 16.0 Å². The van der Waals surface area contributed by atoms with Crippen LogP contribution >= 0.6 is 0 Å². The van der Waals surface area contributed by atoms with Gasteiger partial charge in [0.25, 0.3) is 5.91 Å².